The fourth-order valence-electron chi connectivity index (χ4n) is 2.00. The fraction of sp³-hybridized carbons (Fsp3) is 0.462. The molecule has 0 bridgehead atoms. The van der Waals surface area contributed by atoms with Gasteiger partial charge in [-0.05, 0) is 19.4 Å². The van der Waals surface area contributed by atoms with Crippen LogP contribution in [0.3, 0.4) is 0 Å². The Morgan fingerprint density at radius 2 is 2.25 bits per heavy atom. The van der Waals surface area contributed by atoms with E-state index < -0.39 is 0 Å². The standard InChI is InChI=1S/C13H17NO2/c1-9-3-4-11(10(2)7-9)13(15)12-8-14-5-6-16-12/h3-4,7,12,14H,5-6,8H2,1-2H3. The molecule has 3 nitrogen and oxygen atoms in total. The van der Waals surface area contributed by atoms with Crippen LogP contribution in [-0.4, -0.2) is 31.6 Å². The number of Topliss-reactive ketones (excluding diaryl/α,β-unsaturated/α-hetero) is 1. The second-order valence-electron chi connectivity index (χ2n) is 4.25. The molecule has 16 heavy (non-hydrogen) atoms. The van der Waals surface area contributed by atoms with Gasteiger partial charge in [0, 0.05) is 18.7 Å². The zero-order valence-electron chi connectivity index (χ0n) is 9.75. The van der Waals surface area contributed by atoms with Gasteiger partial charge in [-0.25, -0.2) is 0 Å². The largest absolute Gasteiger partial charge is 0.367 e. The zero-order valence-corrected chi connectivity index (χ0v) is 9.75. The normalized spacial score (nSPS) is 20.8. The van der Waals surface area contributed by atoms with Crippen molar-refractivity contribution < 1.29 is 9.53 Å². The first-order valence-electron chi connectivity index (χ1n) is 5.62. The Balaban J connectivity index is 2.19. The molecule has 1 aromatic rings. The number of benzene rings is 1. The number of ketones is 1. The van der Waals surface area contributed by atoms with Gasteiger partial charge >= 0.3 is 0 Å². The van der Waals surface area contributed by atoms with Crippen molar-refractivity contribution in [3.63, 3.8) is 0 Å². The van der Waals surface area contributed by atoms with E-state index in [1.54, 1.807) is 0 Å². The van der Waals surface area contributed by atoms with Crippen LogP contribution < -0.4 is 5.32 Å². The molecule has 0 saturated carbocycles. The Labute approximate surface area is 95.8 Å². The summed E-state index contributed by atoms with van der Waals surface area (Å²) < 4.78 is 5.47. The van der Waals surface area contributed by atoms with Crippen LogP contribution in [-0.2, 0) is 4.74 Å². The summed E-state index contributed by atoms with van der Waals surface area (Å²) in [5.41, 5.74) is 2.98. The molecule has 1 unspecified atom stereocenters. The number of aryl methyl sites for hydroxylation is 2. The predicted molar refractivity (Wildman–Crippen MR) is 62.9 cm³/mol. The number of nitrogens with one attached hydrogen (secondary N) is 1. The summed E-state index contributed by atoms with van der Waals surface area (Å²) in [6.07, 6.45) is -0.324. The monoisotopic (exact) mass is 219 g/mol. The number of ether oxygens (including phenoxy) is 1. The van der Waals surface area contributed by atoms with Crippen molar-refractivity contribution in [1.82, 2.24) is 5.32 Å². The zero-order chi connectivity index (χ0) is 11.5. The molecule has 0 aromatic heterocycles. The van der Waals surface area contributed by atoms with E-state index in [1.165, 1.54) is 5.56 Å². The van der Waals surface area contributed by atoms with Gasteiger partial charge in [0.25, 0.3) is 0 Å². The van der Waals surface area contributed by atoms with Crippen LogP contribution in [0.1, 0.15) is 21.5 Å². The molecule has 1 heterocycles. The minimum atomic E-state index is -0.324. The van der Waals surface area contributed by atoms with Crippen LogP contribution in [0.5, 0.6) is 0 Å². The molecule has 1 aliphatic heterocycles. The van der Waals surface area contributed by atoms with Crippen LogP contribution in [0.15, 0.2) is 18.2 Å². The molecule has 86 valence electrons. The first kappa shape index (κ1) is 11.3. The summed E-state index contributed by atoms with van der Waals surface area (Å²) in [5, 5.41) is 3.17. The quantitative estimate of drug-likeness (QED) is 0.766. The highest BCUT2D eigenvalue weighted by Gasteiger charge is 2.23. The maximum absolute atomic E-state index is 12.2. The van der Waals surface area contributed by atoms with Gasteiger partial charge in [0.1, 0.15) is 6.10 Å². The highest BCUT2D eigenvalue weighted by molar-refractivity contribution is 6.01. The average Bonchev–Trinajstić information content (AvgIpc) is 2.29. The smallest absolute Gasteiger partial charge is 0.193 e. The van der Waals surface area contributed by atoms with Gasteiger partial charge in [-0.3, -0.25) is 4.79 Å². The van der Waals surface area contributed by atoms with E-state index >= 15 is 0 Å². The SMILES string of the molecule is Cc1ccc(C(=O)C2CNCCO2)c(C)c1. The van der Waals surface area contributed by atoms with E-state index in [9.17, 15) is 4.79 Å². The van der Waals surface area contributed by atoms with Crippen molar-refractivity contribution in [3.05, 3.63) is 34.9 Å². The van der Waals surface area contributed by atoms with E-state index in [-0.39, 0.29) is 11.9 Å². The average molecular weight is 219 g/mol. The van der Waals surface area contributed by atoms with Gasteiger partial charge in [-0.15, -0.1) is 0 Å². The summed E-state index contributed by atoms with van der Waals surface area (Å²) in [6, 6.07) is 5.89. The van der Waals surface area contributed by atoms with Crippen LogP contribution in [0.2, 0.25) is 0 Å². The van der Waals surface area contributed by atoms with Crippen LogP contribution in [0.25, 0.3) is 0 Å². The minimum Gasteiger partial charge on any atom is -0.367 e. The lowest BCUT2D eigenvalue weighted by atomic mass is 9.99. The minimum absolute atomic E-state index is 0.0877. The highest BCUT2D eigenvalue weighted by Crippen LogP contribution is 2.14. The molecular weight excluding hydrogens is 202 g/mol. The van der Waals surface area contributed by atoms with E-state index in [4.69, 9.17) is 4.74 Å². The molecule has 1 saturated heterocycles. The molecule has 1 aliphatic rings. The van der Waals surface area contributed by atoms with E-state index in [0.717, 1.165) is 17.7 Å². The molecule has 0 aliphatic carbocycles. The number of carbonyl (C=O) groups is 1. The topological polar surface area (TPSA) is 38.3 Å². The van der Waals surface area contributed by atoms with Gasteiger partial charge < -0.3 is 10.1 Å². The second-order valence-corrected chi connectivity index (χ2v) is 4.25. The molecule has 0 amide bonds. The number of hydrogen-bond acceptors (Lipinski definition) is 3. The molecule has 2 rings (SSSR count). The molecule has 0 spiro atoms. The first-order valence-corrected chi connectivity index (χ1v) is 5.62. The lowest BCUT2D eigenvalue weighted by molar-refractivity contribution is 0.0269. The lowest BCUT2D eigenvalue weighted by Crippen LogP contribution is -2.43. The van der Waals surface area contributed by atoms with Crippen molar-refractivity contribution in [2.75, 3.05) is 19.7 Å². The number of carbonyl (C=O) groups excluding carboxylic acids is 1. The van der Waals surface area contributed by atoms with Crippen molar-refractivity contribution in [3.8, 4) is 0 Å². The number of hydrogen-bond donors (Lipinski definition) is 1. The highest BCUT2D eigenvalue weighted by atomic mass is 16.5. The van der Waals surface area contributed by atoms with Crippen LogP contribution in [0.4, 0.5) is 0 Å². The van der Waals surface area contributed by atoms with Gasteiger partial charge in [0.15, 0.2) is 5.78 Å². The summed E-state index contributed by atoms with van der Waals surface area (Å²) >= 11 is 0. The predicted octanol–water partition coefficient (Wildman–Crippen LogP) is 1.47. The Morgan fingerprint density at radius 1 is 1.44 bits per heavy atom. The van der Waals surface area contributed by atoms with Gasteiger partial charge in [-0.1, -0.05) is 23.8 Å². The maximum atomic E-state index is 12.2. The second kappa shape index (κ2) is 4.76. The third-order valence-electron chi connectivity index (χ3n) is 2.87. The summed E-state index contributed by atoms with van der Waals surface area (Å²) in [6.45, 7) is 6.06. The van der Waals surface area contributed by atoms with Crippen LogP contribution >= 0.6 is 0 Å². The van der Waals surface area contributed by atoms with Crippen molar-refractivity contribution in [2.45, 2.75) is 20.0 Å². The van der Waals surface area contributed by atoms with E-state index in [0.29, 0.717) is 13.2 Å². The fourth-order valence-corrected chi connectivity index (χ4v) is 2.00. The maximum Gasteiger partial charge on any atom is 0.193 e. The summed E-state index contributed by atoms with van der Waals surface area (Å²) in [4.78, 5) is 12.2. The van der Waals surface area contributed by atoms with Crippen LogP contribution in [0, 0.1) is 13.8 Å². The Bertz CT molecular complexity index is 395. The summed E-state index contributed by atoms with van der Waals surface area (Å²) in [7, 11) is 0. The Morgan fingerprint density at radius 3 is 2.88 bits per heavy atom. The Kier molecular flexibility index (Phi) is 3.36. The molecule has 1 N–H and O–H groups in total. The third-order valence-corrected chi connectivity index (χ3v) is 2.87. The van der Waals surface area contributed by atoms with Gasteiger partial charge in [-0.2, -0.15) is 0 Å². The van der Waals surface area contributed by atoms with Crippen molar-refractivity contribution >= 4 is 5.78 Å². The Hall–Kier alpha value is -1.19. The third kappa shape index (κ3) is 2.31. The molecule has 0 radical (unpaired) electrons. The number of morpholine rings is 1. The van der Waals surface area contributed by atoms with Crippen molar-refractivity contribution in [2.24, 2.45) is 0 Å². The van der Waals surface area contributed by atoms with Gasteiger partial charge in [0.05, 0.1) is 6.61 Å². The van der Waals surface area contributed by atoms with Gasteiger partial charge in [0.2, 0.25) is 0 Å². The first-order chi connectivity index (χ1) is 7.68. The van der Waals surface area contributed by atoms with Crippen molar-refractivity contribution in [1.29, 1.82) is 0 Å². The molecule has 1 atom stereocenters. The molecule has 1 aromatic carbocycles. The lowest BCUT2D eigenvalue weighted by Gasteiger charge is -2.23. The molecule has 1 fully saturated rings. The molecule has 3 heteroatoms. The number of rotatable bonds is 2. The molecular formula is C13H17NO2. The van der Waals surface area contributed by atoms with E-state index in [2.05, 4.69) is 5.32 Å². The van der Waals surface area contributed by atoms with E-state index in [1.807, 2.05) is 32.0 Å². The summed E-state index contributed by atoms with van der Waals surface area (Å²) in [5.74, 6) is 0.0877.